The van der Waals surface area contributed by atoms with E-state index in [1.165, 1.54) is 88.3 Å². The molecule has 1 aliphatic carbocycles. The minimum atomic E-state index is -0.183. The molecule has 10 aromatic carbocycles. The molecule has 0 aliphatic heterocycles. The Hall–Kier alpha value is -7.48. The molecule has 0 spiro atoms. The number of rotatable bonds is 7. The summed E-state index contributed by atoms with van der Waals surface area (Å²) < 4.78 is 0. The van der Waals surface area contributed by atoms with Crippen LogP contribution < -0.4 is 4.90 Å². The standard InChI is InChI=1S/C59H43N/c1-59(2)55-22-12-19-46-29-37-53(58(57(46)55)54-38-30-47(39-56(54)59)52-21-11-18-44-17-9-10-20-51(44)52)45-27-35-50(36-28-45)60(48-31-23-42(24-32-48)40-13-5-3-6-14-40)49-33-25-43(26-34-49)41-15-7-4-8-16-41/h3-39H,1-2H3. The van der Waals surface area contributed by atoms with Crippen molar-refractivity contribution in [2.24, 2.45) is 0 Å². The lowest BCUT2D eigenvalue weighted by Crippen LogP contribution is -2.24. The van der Waals surface area contributed by atoms with Gasteiger partial charge >= 0.3 is 0 Å². The molecule has 1 nitrogen and oxygen atoms in total. The topological polar surface area (TPSA) is 3.24 Å². The van der Waals surface area contributed by atoms with Gasteiger partial charge in [-0.15, -0.1) is 0 Å². The van der Waals surface area contributed by atoms with Crippen LogP contribution in [0.1, 0.15) is 25.0 Å². The van der Waals surface area contributed by atoms with Crippen LogP contribution >= 0.6 is 0 Å². The molecule has 0 aromatic heterocycles. The maximum Gasteiger partial charge on any atom is 0.0462 e. The van der Waals surface area contributed by atoms with Gasteiger partial charge in [0.1, 0.15) is 0 Å². The van der Waals surface area contributed by atoms with Crippen molar-refractivity contribution in [3.8, 4) is 55.6 Å². The molecule has 0 fully saturated rings. The second-order valence-electron chi connectivity index (χ2n) is 16.5. The molecule has 1 aliphatic rings. The number of benzene rings is 10. The first-order chi connectivity index (χ1) is 29.5. The van der Waals surface area contributed by atoms with Gasteiger partial charge in [0.2, 0.25) is 0 Å². The lowest BCUT2D eigenvalue weighted by molar-refractivity contribution is 0.645. The van der Waals surface area contributed by atoms with Crippen LogP contribution in [0.2, 0.25) is 0 Å². The number of hydrogen-bond acceptors (Lipinski definition) is 1. The second kappa shape index (κ2) is 14.4. The van der Waals surface area contributed by atoms with Crippen molar-refractivity contribution in [2.45, 2.75) is 19.3 Å². The zero-order valence-corrected chi connectivity index (χ0v) is 33.8. The molecule has 0 radical (unpaired) electrons. The number of hydrogen-bond donors (Lipinski definition) is 0. The van der Waals surface area contributed by atoms with E-state index in [1.54, 1.807) is 0 Å². The van der Waals surface area contributed by atoms with E-state index >= 15 is 0 Å². The van der Waals surface area contributed by atoms with Gasteiger partial charge in [0, 0.05) is 22.5 Å². The fraction of sp³-hybridized carbons (Fsp3) is 0.0508. The predicted molar refractivity (Wildman–Crippen MR) is 255 cm³/mol. The monoisotopic (exact) mass is 765 g/mol. The summed E-state index contributed by atoms with van der Waals surface area (Å²) in [6.07, 6.45) is 0. The summed E-state index contributed by atoms with van der Waals surface area (Å²) in [6, 6.07) is 82.3. The van der Waals surface area contributed by atoms with Crippen molar-refractivity contribution in [3.63, 3.8) is 0 Å². The van der Waals surface area contributed by atoms with Crippen LogP contribution in [0.3, 0.4) is 0 Å². The zero-order chi connectivity index (χ0) is 40.2. The van der Waals surface area contributed by atoms with Gasteiger partial charge in [-0.3, -0.25) is 0 Å². The van der Waals surface area contributed by atoms with Gasteiger partial charge in [0.05, 0.1) is 0 Å². The van der Waals surface area contributed by atoms with Gasteiger partial charge < -0.3 is 4.90 Å². The first-order valence-corrected chi connectivity index (χ1v) is 20.9. The van der Waals surface area contributed by atoms with Gasteiger partial charge in [0.25, 0.3) is 0 Å². The SMILES string of the molecule is CC1(C)c2cc(-c3cccc4ccccc34)ccc2-c2c(-c3ccc(N(c4ccc(-c5ccccc5)cc4)c4ccc(-c5ccccc5)cc4)cc3)ccc3cccc1c23. The third-order valence-electron chi connectivity index (χ3n) is 12.7. The van der Waals surface area contributed by atoms with Gasteiger partial charge in [-0.2, -0.15) is 0 Å². The van der Waals surface area contributed by atoms with E-state index in [1.807, 2.05) is 0 Å². The van der Waals surface area contributed by atoms with Crippen molar-refractivity contribution in [1.29, 1.82) is 0 Å². The van der Waals surface area contributed by atoms with Crippen LogP contribution in [0.15, 0.2) is 224 Å². The maximum atomic E-state index is 2.46. The molecule has 0 heterocycles. The largest absolute Gasteiger partial charge is 0.311 e. The van der Waals surface area contributed by atoms with E-state index in [0.29, 0.717) is 0 Å². The van der Waals surface area contributed by atoms with Crippen molar-refractivity contribution < 1.29 is 0 Å². The van der Waals surface area contributed by atoms with Crippen LogP contribution in [0.25, 0.3) is 77.2 Å². The average molecular weight is 766 g/mol. The Balaban J connectivity index is 1.03. The van der Waals surface area contributed by atoms with E-state index in [9.17, 15) is 0 Å². The minimum absolute atomic E-state index is 0.183. The Morgan fingerprint density at radius 1 is 0.317 bits per heavy atom. The first-order valence-electron chi connectivity index (χ1n) is 20.9. The highest BCUT2D eigenvalue weighted by Crippen LogP contribution is 2.53. The quantitative estimate of drug-likeness (QED) is 0.156. The summed E-state index contributed by atoms with van der Waals surface area (Å²) in [5, 5.41) is 5.18. The van der Waals surface area contributed by atoms with Crippen LogP contribution in [0, 0.1) is 0 Å². The Labute approximate surface area is 352 Å². The van der Waals surface area contributed by atoms with E-state index < -0.39 is 0 Å². The van der Waals surface area contributed by atoms with E-state index in [2.05, 4.69) is 243 Å². The number of fused-ring (bicyclic) bond motifs is 3. The van der Waals surface area contributed by atoms with Crippen LogP contribution in [0.5, 0.6) is 0 Å². The van der Waals surface area contributed by atoms with E-state index in [4.69, 9.17) is 0 Å². The molecule has 11 rings (SSSR count). The first kappa shape index (κ1) is 35.7. The Morgan fingerprint density at radius 3 is 1.43 bits per heavy atom. The smallest absolute Gasteiger partial charge is 0.0462 e. The molecule has 60 heavy (non-hydrogen) atoms. The highest BCUT2D eigenvalue weighted by atomic mass is 15.1. The van der Waals surface area contributed by atoms with Crippen molar-refractivity contribution in [3.05, 3.63) is 236 Å². The summed E-state index contributed by atoms with van der Waals surface area (Å²) >= 11 is 0. The molecule has 0 bridgehead atoms. The molecule has 0 amide bonds. The molecule has 0 atom stereocenters. The van der Waals surface area contributed by atoms with Gasteiger partial charge in [-0.05, 0) is 131 Å². The zero-order valence-electron chi connectivity index (χ0n) is 33.8. The van der Waals surface area contributed by atoms with Crippen LogP contribution in [-0.2, 0) is 5.41 Å². The summed E-state index contributed by atoms with van der Waals surface area (Å²) in [6.45, 7) is 4.79. The van der Waals surface area contributed by atoms with E-state index in [0.717, 1.165) is 17.1 Å². The van der Waals surface area contributed by atoms with Crippen molar-refractivity contribution in [1.82, 2.24) is 0 Å². The molecule has 1 heteroatoms. The maximum absolute atomic E-state index is 2.46. The second-order valence-corrected chi connectivity index (χ2v) is 16.5. The molecular weight excluding hydrogens is 723 g/mol. The summed E-state index contributed by atoms with van der Waals surface area (Å²) in [5.41, 5.74) is 18.3. The van der Waals surface area contributed by atoms with E-state index in [-0.39, 0.29) is 5.41 Å². The molecule has 0 saturated carbocycles. The lowest BCUT2D eigenvalue weighted by atomic mass is 9.67. The Morgan fingerprint density at radius 2 is 0.800 bits per heavy atom. The van der Waals surface area contributed by atoms with Gasteiger partial charge in [0.15, 0.2) is 0 Å². The Kier molecular flexibility index (Phi) is 8.57. The van der Waals surface area contributed by atoms with Crippen molar-refractivity contribution in [2.75, 3.05) is 4.90 Å². The van der Waals surface area contributed by atoms with Gasteiger partial charge in [-0.25, -0.2) is 0 Å². The molecule has 0 unspecified atom stereocenters. The van der Waals surface area contributed by atoms with Crippen molar-refractivity contribution >= 4 is 38.6 Å². The average Bonchev–Trinajstić information content (AvgIpc) is 3.32. The normalized spacial score (nSPS) is 12.6. The number of nitrogens with zero attached hydrogens (tertiary/aromatic N) is 1. The summed E-state index contributed by atoms with van der Waals surface area (Å²) in [4.78, 5) is 2.36. The Bertz CT molecular complexity index is 3090. The highest BCUT2D eigenvalue weighted by molar-refractivity contribution is 6.10. The molecular formula is C59H43N. The molecule has 284 valence electrons. The molecule has 10 aromatic rings. The minimum Gasteiger partial charge on any atom is -0.311 e. The van der Waals surface area contributed by atoms with Crippen LogP contribution in [0.4, 0.5) is 17.1 Å². The fourth-order valence-corrected chi connectivity index (χ4v) is 9.59. The van der Waals surface area contributed by atoms with Crippen LogP contribution in [-0.4, -0.2) is 0 Å². The third kappa shape index (κ3) is 6.01. The summed E-state index contributed by atoms with van der Waals surface area (Å²) in [7, 11) is 0. The molecule has 0 N–H and O–H groups in total. The fourth-order valence-electron chi connectivity index (χ4n) is 9.59. The lowest BCUT2D eigenvalue weighted by Gasteiger charge is -2.36. The molecule has 0 saturated heterocycles. The number of anilines is 3. The third-order valence-corrected chi connectivity index (χ3v) is 12.7. The predicted octanol–water partition coefficient (Wildman–Crippen LogP) is 16.4. The summed E-state index contributed by atoms with van der Waals surface area (Å²) in [5.74, 6) is 0. The highest BCUT2D eigenvalue weighted by Gasteiger charge is 2.35. The van der Waals surface area contributed by atoms with Gasteiger partial charge in [-0.1, -0.05) is 196 Å².